The first-order chi connectivity index (χ1) is 8.73. The Kier molecular flexibility index (Phi) is 3.24. The summed E-state index contributed by atoms with van der Waals surface area (Å²) in [5.41, 5.74) is -0.488. The summed E-state index contributed by atoms with van der Waals surface area (Å²) in [6.45, 7) is 0. The highest BCUT2D eigenvalue weighted by Crippen LogP contribution is 2.42. The molecular weight excluding hydrogens is 267 g/mol. The largest absolute Gasteiger partial charge is 0.459 e. The van der Waals surface area contributed by atoms with Crippen LogP contribution in [0.5, 0.6) is 0 Å². The predicted molar refractivity (Wildman–Crippen MR) is 60.0 cm³/mol. The molecule has 1 aromatic rings. The van der Waals surface area contributed by atoms with Crippen molar-refractivity contribution < 1.29 is 22.0 Å². The Morgan fingerprint density at radius 3 is 2.21 bits per heavy atom. The van der Waals surface area contributed by atoms with Gasteiger partial charge >= 0.3 is 12.1 Å². The normalized spacial score (nSPS) is 20.6. The molecule has 0 aromatic heterocycles. The van der Waals surface area contributed by atoms with Gasteiger partial charge in [0.2, 0.25) is 0 Å². The lowest BCUT2D eigenvalue weighted by Crippen LogP contribution is -2.43. The van der Waals surface area contributed by atoms with Gasteiger partial charge in [0.05, 0.1) is 6.04 Å². The molecule has 0 radical (unpaired) electrons. The van der Waals surface area contributed by atoms with E-state index in [4.69, 9.17) is 0 Å². The highest BCUT2D eigenvalue weighted by Gasteiger charge is 2.62. The standard InChI is InChI=1S/C12H11F5N2/c1-19-9(8-5-3-2-4-6-8)7-10(18-19)11(13,14)12(15,16)17/h2-6,9H,7H2,1H3. The number of halogens is 5. The van der Waals surface area contributed by atoms with Crippen molar-refractivity contribution in [2.45, 2.75) is 24.6 Å². The molecule has 0 spiro atoms. The second-order valence-electron chi connectivity index (χ2n) is 4.32. The Labute approximate surface area is 106 Å². The van der Waals surface area contributed by atoms with Crippen molar-refractivity contribution in [3.05, 3.63) is 35.9 Å². The molecule has 0 amide bonds. The Bertz CT molecular complexity index is 481. The molecule has 0 bridgehead atoms. The molecular formula is C12H11F5N2. The molecule has 19 heavy (non-hydrogen) atoms. The number of hydrogen-bond acceptors (Lipinski definition) is 2. The van der Waals surface area contributed by atoms with Crippen molar-refractivity contribution >= 4 is 5.71 Å². The summed E-state index contributed by atoms with van der Waals surface area (Å²) in [5.74, 6) is -4.88. The molecule has 0 saturated carbocycles. The van der Waals surface area contributed by atoms with Crippen LogP contribution in [0.2, 0.25) is 0 Å². The fraction of sp³-hybridized carbons (Fsp3) is 0.417. The Balaban J connectivity index is 2.24. The van der Waals surface area contributed by atoms with Crippen molar-refractivity contribution in [3.8, 4) is 0 Å². The number of nitrogens with zero attached hydrogens (tertiary/aromatic N) is 2. The van der Waals surface area contributed by atoms with Gasteiger partial charge in [0, 0.05) is 13.5 Å². The summed E-state index contributed by atoms with van der Waals surface area (Å²) in [5, 5.41) is 4.51. The Morgan fingerprint density at radius 1 is 1.11 bits per heavy atom. The first kappa shape index (κ1) is 13.8. The molecule has 0 saturated heterocycles. The zero-order valence-electron chi connectivity index (χ0n) is 9.96. The lowest BCUT2D eigenvalue weighted by Gasteiger charge is -2.20. The van der Waals surface area contributed by atoms with E-state index < -0.39 is 30.3 Å². The number of benzene rings is 1. The first-order valence-corrected chi connectivity index (χ1v) is 5.54. The Morgan fingerprint density at radius 2 is 1.68 bits per heavy atom. The summed E-state index contributed by atoms with van der Waals surface area (Å²) in [6.07, 6.45) is -6.05. The average Bonchev–Trinajstić information content (AvgIpc) is 2.71. The van der Waals surface area contributed by atoms with Crippen LogP contribution in [0.25, 0.3) is 0 Å². The van der Waals surface area contributed by atoms with Gasteiger partial charge in [-0.15, -0.1) is 0 Å². The van der Waals surface area contributed by atoms with Gasteiger partial charge in [-0.25, -0.2) is 0 Å². The minimum absolute atomic E-state index is 0.437. The second kappa shape index (κ2) is 4.47. The molecule has 7 heteroatoms. The van der Waals surface area contributed by atoms with E-state index in [1.54, 1.807) is 30.3 Å². The number of hydrogen-bond donors (Lipinski definition) is 0. The molecule has 1 atom stereocenters. The molecule has 1 unspecified atom stereocenters. The molecule has 1 aliphatic rings. The number of rotatable bonds is 2. The van der Waals surface area contributed by atoms with Crippen LogP contribution in [0.15, 0.2) is 35.4 Å². The quantitative estimate of drug-likeness (QED) is 0.754. The maximum atomic E-state index is 13.2. The third-order valence-electron chi connectivity index (χ3n) is 3.02. The highest BCUT2D eigenvalue weighted by atomic mass is 19.4. The van der Waals surface area contributed by atoms with Gasteiger partial charge in [-0.05, 0) is 5.56 Å². The minimum atomic E-state index is -5.61. The maximum absolute atomic E-state index is 13.2. The maximum Gasteiger partial charge on any atom is 0.459 e. The lowest BCUT2D eigenvalue weighted by atomic mass is 9.99. The van der Waals surface area contributed by atoms with E-state index >= 15 is 0 Å². The summed E-state index contributed by atoms with van der Waals surface area (Å²) in [4.78, 5) is 0. The molecule has 0 fully saturated rings. The smallest absolute Gasteiger partial charge is 0.292 e. The summed E-state index contributed by atoms with van der Waals surface area (Å²) in [6, 6.07) is 7.89. The van der Waals surface area contributed by atoms with Gasteiger partial charge in [0.1, 0.15) is 5.71 Å². The third kappa shape index (κ3) is 2.41. The molecule has 2 rings (SSSR count). The molecule has 1 heterocycles. The molecule has 0 N–H and O–H groups in total. The van der Waals surface area contributed by atoms with Gasteiger partial charge in [0.25, 0.3) is 0 Å². The SMILES string of the molecule is CN1N=C(C(F)(F)C(F)(F)F)CC1c1ccccc1. The first-order valence-electron chi connectivity index (χ1n) is 5.54. The second-order valence-corrected chi connectivity index (χ2v) is 4.32. The zero-order chi connectivity index (χ0) is 14.3. The van der Waals surface area contributed by atoms with E-state index in [-0.39, 0.29) is 0 Å². The monoisotopic (exact) mass is 278 g/mol. The summed E-state index contributed by atoms with van der Waals surface area (Å²) >= 11 is 0. The minimum Gasteiger partial charge on any atom is -0.292 e. The summed E-state index contributed by atoms with van der Waals surface area (Å²) in [7, 11) is 1.39. The third-order valence-corrected chi connectivity index (χ3v) is 3.02. The van der Waals surface area contributed by atoms with Crippen LogP contribution in [0, 0.1) is 0 Å². The van der Waals surface area contributed by atoms with Gasteiger partial charge in [-0.2, -0.15) is 27.1 Å². The van der Waals surface area contributed by atoms with Crippen LogP contribution in [0.1, 0.15) is 18.0 Å². The van der Waals surface area contributed by atoms with E-state index in [0.717, 1.165) is 5.01 Å². The topological polar surface area (TPSA) is 15.6 Å². The van der Waals surface area contributed by atoms with Crippen molar-refractivity contribution in [1.82, 2.24) is 5.01 Å². The van der Waals surface area contributed by atoms with Gasteiger partial charge in [-0.3, -0.25) is 5.01 Å². The van der Waals surface area contributed by atoms with Gasteiger partial charge in [0.15, 0.2) is 0 Å². The molecule has 1 aromatic carbocycles. The zero-order valence-corrected chi connectivity index (χ0v) is 9.96. The van der Waals surface area contributed by atoms with Crippen LogP contribution in [0.4, 0.5) is 22.0 Å². The fourth-order valence-electron chi connectivity index (χ4n) is 1.98. The van der Waals surface area contributed by atoms with Gasteiger partial charge < -0.3 is 0 Å². The molecule has 1 aliphatic heterocycles. The van der Waals surface area contributed by atoms with Crippen LogP contribution >= 0.6 is 0 Å². The van der Waals surface area contributed by atoms with Crippen LogP contribution < -0.4 is 0 Å². The number of alkyl halides is 5. The van der Waals surface area contributed by atoms with Crippen LogP contribution in [0.3, 0.4) is 0 Å². The van der Waals surface area contributed by atoms with Crippen molar-refractivity contribution in [3.63, 3.8) is 0 Å². The van der Waals surface area contributed by atoms with E-state index in [2.05, 4.69) is 5.10 Å². The highest BCUT2D eigenvalue weighted by molar-refractivity contribution is 5.93. The van der Waals surface area contributed by atoms with E-state index in [0.29, 0.717) is 5.56 Å². The lowest BCUT2D eigenvalue weighted by molar-refractivity contribution is -0.249. The average molecular weight is 278 g/mol. The van der Waals surface area contributed by atoms with E-state index in [1.807, 2.05) is 0 Å². The Hall–Kier alpha value is -1.66. The summed E-state index contributed by atoms with van der Waals surface area (Å²) < 4.78 is 63.3. The molecule has 104 valence electrons. The molecule has 0 aliphatic carbocycles. The molecule has 2 nitrogen and oxygen atoms in total. The predicted octanol–water partition coefficient (Wildman–Crippen LogP) is 3.62. The van der Waals surface area contributed by atoms with Gasteiger partial charge in [-0.1, -0.05) is 30.3 Å². The number of hydrazone groups is 1. The van der Waals surface area contributed by atoms with Crippen molar-refractivity contribution in [1.29, 1.82) is 0 Å². The van der Waals surface area contributed by atoms with Crippen LogP contribution in [-0.2, 0) is 0 Å². The van der Waals surface area contributed by atoms with Crippen LogP contribution in [-0.4, -0.2) is 29.9 Å². The van der Waals surface area contributed by atoms with E-state index in [1.165, 1.54) is 7.05 Å². The fourth-order valence-corrected chi connectivity index (χ4v) is 1.98. The van der Waals surface area contributed by atoms with Crippen molar-refractivity contribution in [2.75, 3.05) is 7.05 Å². The van der Waals surface area contributed by atoms with E-state index in [9.17, 15) is 22.0 Å². The van der Waals surface area contributed by atoms with Crippen molar-refractivity contribution in [2.24, 2.45) is 5.10 Å².